The molecule has 4 rings (SSSR count). The van der Waals surface area contributed by atoms with E-state index in [0.717, 1.165) is 25.4 Å². The van der Waals surface area contributed by atoms with E-state index in [1.165, 1.54) is 43.2 Å². The Morgan fingerprint density at radius 3 is 3.10 bits per heavy atom. The summed E-state index contributed by atoms with van der Waals surface area (Å²) in [6, 6.07) is 6.65. The van der Waals surface area contributed by atoms with Gasteiger partial charge in [0.05, 0.1) is 6.54 Å². The van der Waals surface area contributed by atoms with Crippen LogP contribution in [0.3, 0.4) is 0 Å². The summed E-state index contributed by atoms with van der Waals surface area (Å²) < 4.78 is 0. The van der Waals surface area contributed by atoms with Crippen LogP contribution in [0.4, 0.5) is 0 Å². The molecule has 1 heterocycles. The van der Waals surface area contributed by atoms with E-state index >= 15 is 0 Å². The molecule has 1 unspecified atom stereocenters. The fourth-order valence-electron chi connectivity index (χ4n) is 5.39. The lowest BCUT2D eigenvalue weighted by Crippen LogP contribution is -2.60. The third kappa shape index (κ3) is 1.84. The van der Waals surface area contributed by atoms with Crippen molar-refractivity contribution in [3.63, 3.8) is 0 Å². The summed E-state index contributed by atoms with van der Waals surface area (Å²) in [5, 5.41) is 9.97. The summed E-state index contributed by atoms with van der Waals surface area (Å²) in [6.07, 6.45) is 13.2. The van der Waals surface area contributed by atoms with E-state index in [1.54, 1.807) is 0 Å². The summed E-state index contributed by atoms with van der Waals surface area (Å²) in [7, 11) is 0. The van der Waals surface area contributed by atoms with Crippen molar-refractivity contribution in [1.82, 2.24) is 4.90 Å². The molecule has 1 saturated carbocycles. The molecule has 2 nitrogen and oxygen atoms in total. The quantitative estimate of drug-likeness (QED) is 0.800. The summed E-state index contributed by atoms with van der Waals surface area (Å²) in [5.74, 6) is 4.01. The highest BCUT2D eigenvalue weighted by Gasteiger charge is 2.53. The van der Waals surface area contributed by atoms with E-state index in [0.29, 0.717) is 17.2 Å². The van der Waals surface area contributed by atoms with Gasteiger partial charge < -0.3 is 5.11 Å². The van der Waals surface area contributed by atoms with E-state index in [-0.39, 0.29) is 0 Å². The van der Waals surface area contributed by atoms with Crippen LogP contribution < -0.4 is 0 Å². The average molecular weight is 281 g/mol. The Balaban J connectivity index is 1.84. The molecule has 1 aromatic rings. The number of phenols is 1. The zero-order valence-electron chi connectivity index (χ0n) is 12.5. The number of nitrogens with zero attached hydrogens (tertiary/aromatic N) is 1. The van der Waals surface area contributed by atoms with E-state index in [1.807, 2.05) is 6.07 Å². The van der Waals surface area contributed by atoms with Crippen LogP contribution in [-0.4, -0.2) is 29.1 Å². The molecule has 1 saturated heterocycles. The molecule has 2 bridgehead atoms. The first-order valence-electron chi connectivity index (χ1n) is 8.24. The smallest absolute Gasteiger partial charge is 0.115 e. The minimum absolute atomic E-state index is 0.306. The number of piperidine rings is 1. The lowest BCUT2D eigenvalue weighted by atomic mass is 9.52. The molecule has 2 fully saturated rings. The number of phenolic OH excluding ortho intramolecular Hbond substituents is 1. The fourth-order valence-corrected chi connectivity index (χ4v) is 5.39. The molecule has 0 spiro atoms. The first-order valence-corrected chi connectivity index (χ1v) is 8.24. The van der Waals surface area contributed by atoms with Crippen LogP contribution in [-0.2, 0) is 11.8 Å². The first kappa shape index (κ1) is 13.2. The Bertz CT molecular complexity index is 602. The summed E-state index contributed by atoms with van der Waals surface area (Å²) >= 11 is 0. The number of hydrogen-bond donors (Lipinski definition) is 1. The molecule has 1 aromatic carbocycles. The van der Waals surface area contributed by atoms with Crippen molar-refractivity contribution < 1.29 is 5.11 Å². The minimum atomic E-state index is 0.306. The molecule has 0 amide bonds. The maximum atomic E-state index is 9.97. The summed E-state index contributed by atoms with van der Waals surface area (Å²) in [5.41, 5.74) is 3.20. The van der Waals surface area contributed by atoms with Gasteiger partial charge in [0.1, 0.15) is 5.75 Å². The molecule has 0 radical (unpaired) electrons. The van der Waals surface area contributed by atoms with Crippen LogP contribution in [0.2, 0.25) is 0 Å². The maximum Gasteiger partial charge on any atom is 0.115 e. The van der Waals surface area contributed by atoms with Gasteiger partial charge in [-0.15, -0.1) is 6.42 Å². The lowest BCUT2D eigenvalue weighted by Gasteiger charge is -2.58. The maximum absolute atomic E-state index is 9.97. The van der Waals surface area contributed by atoms with Gasteiger partial charge in [0.15, 0.2) is 0 Å². The molecule has 3 atom stereocenters. The predicted molar refractivity (Wildman–Crippen MR) is 84.3 cm³/mol. The summed E-state index contributed by atoms with van der Waals surface area (Å²) in [4.78, 5) is 2.53. The highest BCUT2D eigenvalue weighted by atomic mass is 16.3. The second kappa shape index (κ2) is 4.78. The van der Waals surface area contributed by atoms with Crippen molar-refractivity contribution >= 4 is 0 Å². The molecule has 2 heteroatoms. The molecule has 1 N–H and O–H groups in total. The van der Waals surface area contributed by atoms with Crippen LogP contribution in [0.25, 0.3) is 0 Å². The molecule has 21 heavy (non-hydrogen) atoms. The molecule has 2 aliphatic carbocycles. The summed E-state index contributed by atoms with van der Waals surface area (Å²) in [6.45, 7) is 1.89. The monoisotopic (exact) mass is 281 g/mol. The highest BCUT2D eigenvalue weighted by molar-refractivity contribution is 5.45. The van der Waals surface area contributed by atoms with Gasteiger partial charge in [0, 0.05) is 18.0 Å². The van der Waals surface area contributed by atoms with Crippen molar-refractivity contribution in [2.75, 3.05) is 13.1 Å². The first-order chi connectivity index (χ1) is 10.2. The van der Waals surface area contributed by atoms with E-state index < -0.39 is 0 Å². The Hall–Kier alpha value is -1.46. The number of hydrogen-bond acceptors (Lipinski definition) is 2. The fraction of sp³-hybridized carbons (Fsp3) is 0.579. The molecular formula is C19H23NO. The topological polar surface area (TPSA) is 23.5 Å². The number of fused-ring (bicyclic) bond motifs is 1. The van der Waals surface area contributed by atoms with Crippen molar-refractivity contribution in [1.29, 1.82) is 0 Å². The number of rotatable bonds is 1. The standard InChI is InChI=1S/C19H23NO/c1-2-10-20-11-9-19-8-4-3-5-16(19)18(20)12-14-6-7-15(21)13-17(14)19/h1,6-7,13,16,18,21H,3-5,8-12H2/t16-,18+,19?/m0/s1. The predicted octanol–water partition coefficient (Wildman–Crippen LogP) is 3.08. The molecule has 110 valence electrons. The Morgan fingerprint density at radius 1 is 1.33 bits per heavy atom. The van der Waals surface area contributed by atoms with Crippen molar-refractivity contribution in [3.05, 3.63) is 29.3 Å². The van der Waals surface area contributed by atoms with Gasteiger partial charge in [-0.1, -0.05) is 24.8 Å². The van der Waals surface area contributed by atoms with Crippen molar-refractivity contribution in [2.45, 2.75) is 50.0 Å². The molecule has 3 aliphatic rings. The second-order valence-electron chi connectivity index (χ2n) is 7.05. The Morgan fingerprint density at radius 2 is 2.24 bits per heavy atom. The third-order valence-corrected chi connectivity index (χ3v) is 6.23. The van der Waals surface area contributed by atoms with E-state index in [4.69, 9.17) is 6.42 Å². The van der Waals surface area contributed by atoms with E-state index in [2.05, 4.69) is 23.0 Å². The minimum Gasteiger partial charge on any atom is -0.508 e. The zero-order valence-corrected chi connectivity index (χ0v) is 12.5. The molecule has 1 aliphatic heterocycles. The highest BCUT2D eigenvalue weighted by Crippen LogP contribution is 2.56. The van der Waals surface area contributed by atoms with Gasteiger partial charge in [0.25, 0.3) is 0 Å². The average Bonchev–Trinajstić information content (AvgIpc) is 2.51. The van der Waals surface area contributed by atoms with Crippen LogP contribution in [0.5, 0.6) is 5.75 Å². The van der Waals surface area contributed by atoms with Crippen LogP contribution in [0, 0.1) is 18.3 Å². The lowest BCUT2D eigenvalue weighted by molar-refractivity contribution is -0.00416. The SMILES string of the molecule is C#CCN1CCC23CCCC[C@H]2[C@H]1Cc1ccc(O)cc13. The Kier molecular flexibility index (Phi) is 3.01. The second-order valence-corrected chi connectivity index (χ2v) is 7.05. The van der Waals surface area contributed by atoms with Crippen molar-refractivity contribution in [3.8, 4) is 18.1 Å². The van der Waals surface area contributed by atoms with Gasteiger partial charge in [0.2, 0.25) is 0 Å². The van der Waals surface area contributed by atoms with Gasteiger partial charge in [-0.25, -0.2) is 0 Å². The molecule has 0 aromatic heterocycles. The normalized spacial score (nSPS) is 34.6. The van der Waals surface area contributed by atoms with Gasteiger partial charge in [-0.3, -0.25) is 4.90 Å². The van der Waals surface area contributed by atoms with E-state index in [9.17, 15) is 5.11 Å². The third-order valence-electron chi connectivity index (χ3n) is 6.23. The van der Waals surface area contributed by atoms with Crippen LogP contribution in [0.1, 0.15) is 43.2 Å². The zero-order chi connectivity index (χ0) is 14.4. The Labute approximate surface area is 127 Å². The van der Waals surface area contributed by atoms with Gasteiger partial charge >= 0.3 is 0 Å². The number of aromatic hydroxyl groups is 1. The van der Waals surface area contributed by atoms with Crippen LogP contribution in [0.15, 0.2) is 18.2 Å². The number of likely N-dealkylation sites (tertiary alicyclic amines) is 1. The largest absolute Gasteiger partial charge is 0.508 e. The van der Waals surface area contributed by atoms with Gasteiger partial charge in [-0.05, 0) is 54.9 Å². The van der Waals surface area contributed by atoms with Crippen LogP contribution >= 0.6 is 0 Å². The van der Waals surface area contributed by atoms with Crippen molar-refractivity contribution in [2.24, 2.45) is 5.92 Å². The van der Waals surface area contributed by atoms with Gasteiger partial charge in [-0.2, -0.15) is 0 Å². The molecular weight excluding hydrogens is 258 g/mol. The number of benzene rings is 1. The number of terminal acetylenes is 1.